The molecule has 174 valence electrons. The number of carbonyl (C=O) groups excluding carboxylic acids is 1. The van der Waals surface area contributed by atoms with Gasteiger partial charge in [-0.25, -0.2) is 8.42 Å². The Balaban J connectivity index is 1.52. The molecule has 0 saturated carbocycles. The summed E-state index contributed by atoms with van der Waals surface area (Å²) in [7, 11) is -2.28. The molecular weight excluding hydrogens is 430 g/mol. The quantitative estimate of drug-likeness (QED) is 0.650. The number of rotatable bonds is 8. The number of sulfonamides is 1. The summed E-state index contributed by atoms with van der Waals surface area (Å²) in [6.07, 6.45) is 6.79. The van der Waals surface area contributed by atoms with Gasteiger partial charge < -0.3 is 14.5 Å². The molecule has 0 spiro atoms. The molecule has 0 bridgehead atoms. The van der Waals surface area contributed by atoms with Crippen molar-refractivity contribution in [2.45, 2.75) is 43.0 Å². The fraction of sp³-hybridized carbons (Fsp3) is 0.522. The molecule has 2 aromatic rings. The summed E-state index contributed by atoms with van der Waals surface area (Å²) in [5.41, 5.74) is 0.292. The first-order valence-corrected chi connectivity index (χ1v) is 12.7. The molecule has 0 radical (unpaired) electrons. The van der Waals surface area contributed by atoms with E-state index in [1.54, 1.807) is 18.4 Å². The number of hydrogen-bond acceptors (Lipinski definition) is 6. The summed E-state index contributed by atoms with van der Waals surface area (Å²) in [4.78, 5) is 15.4. The number of furan rings is 1. The third-order valence-corrected chi connectivity index (χ3v) is 8.19. The van der Waals surface area contributed by atoms with E-state index in [4.69, 9.17) is 9.15 Å². The number of ether oxygens (including phenoxy) is 1. The number of methoxy groups -OCH3 is 1. The fourth-order valence-electron chi connectivity index (χ4n) is 4.50. The number of benzene rings is 1. The van der Waals surface area contributed by atoms with Crippen molar-refractivity contribution >= 4 is 15.9 Å². The van der Waals surface area contributed by atoms with Crippen LogP contribution in [-0.4, -0.2) is 63.4 Å². The maximum Gasteiger partial charge on any atom is 0.251 e. The molecule has 9 heteroatoms. The van der Waals surface area contributed by atoms with Gasteiger partial charge in [-0.3, -0.25) is 9.69 Å². The number of amides is 1. The van der Waals surface area contributed by atoms with Gasteiger partial charge in [0.1, 0.15) is 16.4 Å². The molecule has 2 aliphatic rings. The lowest BCUT2D eigenvalue weighted by atomic mass is 10.1. The highest BCUT2D eigenvalue weighted by Gasteiger charge is 2.31. The van der Waals surface area contributed by atoms with Crippen LogP contribution in [0.25, 0.3) is 0 Å². The standard InChI is InChI=1S/C23H31N3O5S/c1-30-21-10-9-18(16-22(21)32(28,29)26-13-5-6-14-26)23(27)24-17-19(20-8-7-15-31-20)25-11-3-2-4-12-25/h7-10,15-16,19H,2-6,11-14,17H2,1H3,(H,24,27)/t19-/m1/s1. The summed E-state index contributed by atoms with van der Waals surface area (Å²) < 4.78 is 38.6. The van der Waals surface area contributed by atoms with Crippen molar-refractivity contribution in [3.8, 4) is 5.75 Å². The second kappa shape index (κ2) is 10.1. The Hall–Kier alpha value is -2.36. The van der Waals surface area contributed by atoms with Gasteiger partial charge in [0.2, 0.25) is 10.0 Å². The second-order valence-electron chi connectivity index (χ2n) is 8.31. The highest BCUT2D eigenvalue weighted by molar-refractivity contribution is 7.89. The molecule has 2 fully saturated rings. The molecule has 32 heavy (non-hydrogen) atoms. The van der Waals surface area contributed by atoms with E-state index in [1.807, 2.05) is 12.1 Å². The highest BCUT2D eigenvalue weighted by Crippen LogP contribution is 2.30. The molecule has 1 aromatic carbocycles. The molecule has 1 amide bonds. The van der Waals surface area contributed by atoms with E-state index in [1.165, 1.54) is 23.9 Å². The Morgan fingerprint density at radius 1 is 1.09 bits per heavy atom. The molecule has 1 aromatic heterocycles. The average Bonchev–Trinajstić information content (AvgIpc) is 3.54. The number of nitrogens with one attached hydrogen (secondary N) is 1. The smallest absolute Gasteiger partial charge is 0.251 e. The molecule has 8 nitrogen and oxygen atoms in total. The van der Waals surface area contributed by atoms with Crippen molar-refractivity contribution in [1.29, 1.82) is 0 Å². The summed E-state index contributed by atoms with van der Waals surface area (Å²) in [6, 6.07) is 8.30. The number of nitrogens with zero attached hydrogens (tertiary/aromatic N) is 2. The van der Waals surface area contributed by atoms with E-state index < -0.39 is 10.0 Å². The third-order valence-electron chi connectivity index (χ3n) is 6.27. The number of carbonyl (C=O) groups is 1. The topological polar surface area (TPSA) is 92.1 Å². The lowest BCUT2D eigenvalue weighted by molar-refractivity contribution is 0.0914. The van der Waals surface area contributed by atoms with Crippen LogP contribution in [0.5, 0.6) is 5.75 Å². The first-order chi connectivity index (χ1) is 15.5. The summed E-state index contributed by atoms with van der Waals surface area (Å²) >= 11 is 0. The van der Waals surface area contributed by atoms with Gasteiger partial charge in [-0.15, -0.1) is 0 Å². The van der Waals surface area contributed by atoms with Gasteiger partial charge in [-0.2, -0.15) is 4.31 Å². The zero-order valence-corrected chi connectivity index (χ0v) is 19.3. The van der Waals surface area contributed by atoms with E-state index in [9.17, 15) is 13.2 Å². The Bertz CT molecular complexity index is 1010. The van der Waals surface area contributed by atoms with Gasteiger partial charge in [0.15, 0.2) is 0 Å². The van der Waals surface area contributed by atoms with Crippen LogP contribution in [0.3, 0.4) is 0 Å². The monoisotopic (exact) mass is 461 g/mol. The maximum atomic E-state index is 13.1. The Kier molecular flexibility index (Phi) is 7.17. The van der Waals surface area contributed by atoms with Crippen LogP contribution in [-0.2, 0) is 10.0 Å². The van der Waals surface area contributed by atoms with Gasteiger partial charge in [-0.05, 0) is 69.1 Å². The molecule has 1 N–H and O–H groups in total. The molecule has 1 atom stereocenters. The minimum atomic E-state index is -3.72. The number of hydrogen-bond donors (Lipinski definition) is 1. The Labute approximate surface area is 189 Å². The second-order valence-corrected chi connectivity index (χ2v) is 10.2. The lowest BCUT2D eigenvalue weighted by Crippen LogP contribution is -2.40. The SMILES string of the molecule is COc1ccc(C(=O)NC[C@H](c2ccco2)N2CCCCC2)cc1S(=O)(=O)N1CCCC1. The van der Waals surface area contributed by atoms with Crippen molar-refractivity contribution in [2.24, 2.45) is 0 Å². The Morgan fingerprint density at radius 3 is 2.47 bits per heavy atom. The van der Waals surface area contributed by atoms with E-state index >= 15 is 0 Å². The predicted octanol–water partition coefficient (Wildman–Crippen LogP) is 3.03. The van der Waals surface area contributed by atoms with Crippen LogP contribution in [0.15, 0.2) is 45.9 Å². The fourth-order valence-corrected chi connectivity index (χ4v) is 6.20. The van der Waals surface area contributed by atoms with E-state index in [0.29, 0.717) is 25.2 Å². The van der Waals surface area contributed by atoms with E-state index in [-0.39, 0.29) is 22.6 Å². The first-order valence-electron chi connectivity index (χ1n) is 11.2. The molecule has 2 aliphatic heterocycles. The van der Waals surface area contributed by atoms with Gasteiger partial charge >= 0.3 is 0 Å². The molecule has 3 heterocycles. The van der Waals surface area contributed by atoms with Crippen molar-refractivity contribution in [3.05, 3.63) is 47.9 Å². The number of piperidine rings is 1. The summed E-state index contributed by atoms with van der Waals surface area (Å²) in [5, 5.41) is 2.98. The molecule has 0 unspecified atom stereocenters. The van der Waals surface area contributed by atoms with Crippen LogP contribution in [0.2, 0.25) is 0 Å². The first kappa shape index (κ1) is 22.8. The van der Waals surface area contributed by atoms with Crippen LogP contribution < -0.4 is 10.1 Å². The van der Waals surface area contributed by atoms with Gasteiger partial charge in [0.25, 0.3) is 5.91 Å². The number of likely N-dealkylation sites (tertiary alicyclic amines) is 1. The van der Waals surface area contributed by atoms with E-state index in [2.05, 4.69) is 10.2 Å². The summed E-state index contributed by atoms with van der Waals surface area (Å²) in [5.74, 6) is 0.744. The van der Waals surface area contributed by atoms with Crippen molar-refractivity contribution in [2.75, 3.05) is 39.8 Å². The average molecular weight is 462 g/mol. The Morgan fingerprint density at radius 2 is 1.81 bits per heavy atom. The molecular formula is C23H31N3O5S. The molecule has 4 rings (SSSR count). The van der Waals surface area contributed by atoms with Crippen molar-refractivity contribution < 1.29 is 22.4 Å². The van der Waals surface area contributed by atoms with Gasteiger partial charge in [0.05, 0.1) is 19.4 Å². The van der Waals surface area contributed by atoms with Crippen LogP contribution in [0, 0.1) is 0 Å². The van der Waals surface area contributed by atoms with Crippen molar-refractivity contribution in [1.82, 2.24) is 14.5 Å². The predicted molar refractivity (Wildman–Crippen MR) is 120 cm³/mol. The van der Waals surface area contributed by atoms with Gasteiger partial charge in [-0.1, -0.05) is 6.42 Å². The molecule has 0 aliphatic carbocycles. The largest absolute Gasteiger partial charge is 0.495 e. The van der Waals surface area contributed by atoms with Crippen molar-refractivity contribution in [3.63, 3.8) is 0 Å². The zero-order chi connectivity index (χ0) is 22.6. The minimum absolute atomic E-state index is 0.0353. The maximum absolute atomic E-state index is 13.1. The normalized spacial score (nSPS) is 19.0. The zero-order valence-electron chi connectivity index (χ0n) is 18.5. The third kappa shape index (κ3) is 4.84. The van der Waals surface area contributed by atoms with Gasteiger partial charge in [0, 0.05) is 25.2 Å². The van der Waals surface area contributed by atoms with E-state index in [0.717, 1.165) is 44.5 Å². The van der Waals surface area contributed by atoms with Crippen LogP contribution in [0.1, 0.15) is 54.3 Å². The highest BCUT2D eigenvalue weighted by atomic mass is 32.2. The molecule has 2 saturated heterocycles. The van der Waals surface area contributed by atoms with Crippen LogP contribution in [0.4, 0.5) is 0 Å². The minimum Gasteiger partial charge on any atom is -0.495 e. The lowest BCUT2D eigenvalue weighted by Gasteiger charge is -2.33. The van der Waals surface area contributed by atoms with Crippen LogP contribution >= 0.6 is 0 Å². The summed E-state index contributed by atoms with van der Waals surface area (Å²) in [6.45, 7) is 3.28.